The Labute approximate surface area is 151 Å². The molecule has 0 saturated carbocycles. The zero-order valence-corrected chi connectivity index (χ0v) is 14.0. The first-order chi connectivity index (χ1) is 12.8. The van der Waals surface area contributed by atoms with E-state index in [2.05, 4.69) is 0 Å². The van der Waals surface area contributed by atoms with E-state index in [1.54, 1.807) is 0 Å². The Balaban J connectivity index is 2.10. The topological polar surface area (TPSA) is 179 Å². The molecule has 11 nitrogen and oxygen atoms in total. The summed E-state index contributed by atoms with van der Waals surface area (Å²) in [5.74, 6) is -2.18. The number of rotatable bonds is 4. The van der Waals surface area contributed by atoms with E-state index >= 15 is 0 Å². The Morgan fingerprint density at radius 1 is 1.04 bits per heavy atom. The summed E-state index contributed by atoms with van der Waals surface area (Å²) < 4.78 is 20.5. The molecule has 6 N–H and O–H groups in total. The van der Waals surface area contributed by atoms with Gasteiger partial charge >= 0.3 is 5.63 Å². The molecule has 1 aromatic carbocycles. The van der Waals surface area contributed by atoms with Gasteiger partial charge < -0.3 is 49.3 Å². The van der Waals surface area contributed by atoms with Crippen LogP contribution in [-0.4, -0.2) is 75.1 Å². The molecule has 0 bridgehead atoms. The average molecular weight is 386 g/mol. The summed E-state index contributed by atoms with van der Waals surface area (Å²) in [6.45, 7) is -0.675. The molecule has 0 aliphatic carbocycles. The van der Waals surface area contributed by atoms with E-state index in [0.717, 1.165) is 13.2 Å². The molecule has 0 spiro atoms. The van der Waals surface area contributed by atoms with Gasteiger partial charge in [-0.05, 0) is 6.07 Å². The van der Waals surface area contributed by atoms with Crippen molar-refractivity contribution in [1.82, 2.24) is 0 Å². The Morgan fingerprint density at radius 2 is 1.74 bits per heavy atom. The maximum absolute atomic E-state index is 11.5. The van der Waals surface area contributed by atoms with E-state index in [4.69, 9.17) is 18.6 Å². The average Bonchev–Trinajstić information content (AvgIpc) is 2.65. The van der Waals surface area contributed by atoms with Crippen LogP contribution in [0.15, 0.2) is 21.3 Å². The first kappa shape index (κ1) is 19.2. The van der Waals surface area contributed by atoms with Gasteiger partial charge in [-0.2, -0.15) is 0 Å². The molecule has 11 heteroatoms. The predicted octanol–water partition coefficient (Wildman–Crippen LogP) is -1.61. The number of ether oxygens (including phenoxy) is 3. The number of phenolic OH excluding ortho intramolecular Hbond substituents is 2. The van der Waals surface area contributed by atoms with Gasteiger partial charge in [0, 0.05) is 6.07 Å². The number of aromatic hydroxyl groups is 2. The third kappa shape index (κ3) is 3.15. The van der Waals surface area contributed by atoms with Crippen molar-refractivity contribution in [2.24, 2.45) is 0 Å². The lowest BCUT2D eigenvalue weighted by molar-refractivity contribution is -0.277. The molecule has 2 heterocycles. The van der Waals surface area contributed by atoms with Crippen LogP contribution in [0.1, 0.15) is 0 Å². The van der Waals surface area contributed by atoms with Gasteiger partial charge in [0.15, 0.2) is 11.3 Å². The van der Waals surface area contributed by atoms with Crippen molar-refractivity contribution in [3.8, 4) is 23.0 Å². The zero-order chi connectivity index (χ0) is 19.9. The summed E-state index contributed by atoms with van der Waals surface area (Å²) in [6.07, 6.45) is -7.89. The van der Waals surface area contributed by atoms with Gasteiger partial charge in [-0.1, -0.05) is 0 Å². The second-order valence-electron chi connectivity index (χ2n) is 5.87. The quantitative estimate of drug-likeness (QED) is 0.333. The maximum atomic E-state index is 11.5. The van der Waals surface area contributed by atoms with Crippen LogP contribution in [-0.2, 0) is 4.74 Å². The number of hydrogen-bond donors (Lipinski definition) is 6. The molecular formula is C16H18O11. The van der Waals surface area contributed by atoms with Crippen LogP contribution in [0, 0.1) is 0 Å². The molecule has 0 amide bonds. The van der Waals surface area contributed by atoms with Crippen LogP contribution < -0.4 is 15.1 Å². The highest BCUT2D eigenvalue weighted by Gasteiger charge is 2.45. The molecule has 5 atom stereocenters. The largest absolute Gasteiger partial charge is 0.502 e. The van der Waals surface area contributed by atoms with Crippen molar-refractivity contribution in [3.63, 3.8) is 0 Å². The fraction of sp³-hybridized carbons (Fsp3) is 0.438. The minimum absolute atomic E-state index is 0.0534. The van der Waals surface area contributed by atoms with Gasteiger partial charge in [-0.25, -0.2) is 4.79 Å². The molecule has 3 rings (SSSR count). The lowest BCUT2D eigenvalue weighted by Gasteiger charge is -2.39. The van der Waals surface area contributed by atoms with Crippen LogP contribution in [0.5, 0.6) is 23.0 Å². The minimum Gasteiger partial charge on any atom is -0.502 e. The van der Waals surface area contributed by atoms with Gasteiger partial charge in [0.25, 0.3) is 0 Å². The second-order valence-corrected chi connectivity index (χ2v) is 5.87. The molecule has 27 heavy (non-hydrogen) atoms. The number of aliphatic hydroxyl groups excluding tert-OH is 4. The van der Waals surface area contributed by atoms with E-state index in [9.17, 15) is 35.4 Å². The Morgan fingerprint density at radius 3 is 2.37 bits per heavy atom. The molecule has 1 fully saturated rings. The number of benzene rings is 1. The van der Waals surface area contributed by atoms with Crippen molar-refractivity contribution in [2.45, 2.75) is 30.7 Å². The summed E-state index contributed by atoms with van der Waals surface area (Å²) in [5.41, 5.74) is -1.14. The van der Waals surface area contributed by atoms with Gasteiger partial charge in [-0.3, -0.25) is 0 Å². The number of hydrogen-bond acceptors (Lipinski definition) is 11. The van der Waals surface area contributed by atoms with Crippen LogP contribution in [0.25, 0.3) is 11.0 Å². The molecule has 2 aromatic rings. The third-order valence-corrected chi connectivity index (χ3v) is 4.22. The monoisotopic (exact) mass is 386 g/mol. The highest BCUT2D eigenvalue weighted by atomic mass is 16.7. The molecule has 1 aliphatic rings. The molecule has 148 valence electrons. The highest BCUT2D eigenvalue weighted by molar-refractivity contribution is 5.94. The smallest absolute Gasteiger partial charge is 0.336 e. The molecule has 5 unspecified atom stereocenters. The van der Waals surface area contributed by atoms with Crippen molar-refractivity contribution in [1.29, 1.82) is 0 Å². The fourth-order valence-corrected chi connectivity index (χ4v) is 2.81. The Bertz CT molecular complexity index is 890. The van der Waals surface area contributed by atoms with E-state index in [-0.39, 0.29) is 16.7 Å². The summed E-state index contributed by atoms with van der Waals surface area (Å²) in [7, 11) is 1.14. The van der Waals surface area contributed by atoms with Gasteiger partial charge in [0.05, 0.1) is 19.1 Å². The van der Waals surface area contributed by atoms with Gasteiger partial charge in [-0.15, -0.1) is 0 Å². The number of phenols is 2. The third-order valence-electron chi connectivity index (χ3n) is 4.22. The van der Waals surface area contributed by atoms with Crippen molar-refractivity contribution >= 4 is 11.0 Å². The number of methoxy groups -OCH3 is 1. The SMILES string of the molecule is COc1c(O)c(OC2OC(CO)C(O)C(O)C2O)c2ccc(=O)oc2c1O. The summed E-state index contributed by atoms with van der Waals surface area (Å²) >= 11 is 0. The van der Waals surface area contributed by atoms with E-state index in [0.29, 0.717) is 0 Å². The van der Waals surface area contributed by atoms with Gasteiger partial charge in [0.2, 0.25) is 23.5 Å². The number of aliphatic hydroxyl groups is 4. The molecule has 1 aliphatic heterocycles. The second kappa shape index (κ2) is 7.21. The molecular weight excluding hydrogens is 368 g/mol. The summed E-state index contributed by atoms with van der Waals surface area (Å²) in [4.78, 5) is 11.5. The first-order valence-electron chi connectivity index (χ1n) is 7.83. The predicted molar refractivity (Wildman–Crippen MR) is 86.8 cm³/mol. The summed E-state index contributed by atoms with van der Waals surface area (Å²) in [5, 5.41) is 59.4. The van der Waals surface area contributed by atoms with Crippen molar-refractivity contribution < 1.29 is 49.3 Å². The molecule has 0 radical (unpaired) electrons. The Kier molecular flexibility index (Phi) is 5.13. The van der Waals surface area contributed by atoms with Gasteiger partial charge in [0.1, 0.15) is 24.4 Å². The zero-order valence-electron chi connectivity index (χ0n) is 14.0. The normalized spacial score (nSPS) is 28.3. The van der Waals surface area contributed by atoms with Crippen LogP contribution >= 0.6 is 0 Å². The van der Waals surface area contributed by atoms with E-state index in [1.807, 2.05) is 0 Å². The standard InChI is InChI=1S/C16H18O11/c1-24-15-11(22)13-5(2-3-7(18)26-13)14(12(15)23)27-16-10(21)9(20)8(19)6(4-17)25-16/h2-3,6,8-10,16-17,19-23H,4H2,1H3. The number of fused-ring (bicyclic) bond motifs is 1. The van der Waals surface area contributed by atoms with Crippen LogP contribution in [0.2, 0.25) is 0 Å². The summed E-state index contributed by atoms with van der Waals surface area (Å²) in [6, 6.07) is 2.20. The van der Waals surface area contributed by atoms with E-state index < -0.39 is 60.2 Å². The molecule has 1 saturated heterocycles. The van der Waals surface area contributed by atoms with Crippen molar-refractivity contribution in [3.05, 3.63) is 22.6 Å². The lowest BCUT2D eigenvalue weighted by atomic mass is 9.99. The van der Waals surface area contributed by atoms with E-state index in [1.165, 1.54) is 6.07 Å². The van der Waals surface area contributed by atoms with Crippen LogP contribution in [0.3, 0.4) is 0 Å². The van der Waals surface area contributed by atoms with Crippen LogP contribution in [0.4, 0.5) is 0 Å². The van der Waals surface area contributed by atoms with Crippen molar-refractivity contribution in [2.75, 3.05) is 13.7 Å². The Hall–Kier alpha value is -2.57. The highest BCUT2D eigenvalue weighted by Crippen LogP contribution is 2.50. The fourth-order valence-electron chi connectivity index (χ4n) is 2.81. The lowest BCUT2D eigenvalue weighted by Crippen LogP contribution is -2.60. The maximum Gasteiger partial charge on any atom is 0.336 e. The molecule has 1 aromatic heterocycles. The minimum atomic E-state index is -1.74. The first-order valence-corrected chi connectivity index (χ1v) is 7.83.